The molecule has 8 rings (SSSR count). The molecule has 36 heavy (non-hydrogen) atoms. The number of benzene rings is 4. The van der Waals surface area contributed by atoms with Gasteiger partial charge in [-0.15, -0.1) is 0 Å². The SMILES string of the molecule is c1cc(-c2cnc3c(n2)c2ccccc2n2nccc32)cc(-n2c3ccccc3c3ccccc32)c1. The van der Waals surface area contributed by atoms with Gasteiger partial charge in [0.05, 0.1) is 40.2 Å². The van der Waals surface area contributed by atoms with Crippen LogP contribution in [0.5, 0.6) is 0 Å². The zero-order chi connectivity index (χ0) is 23.6. The summed E-state index contributed by atoms with van der Waals surface area (Å²) in [5.41, 5.74) is 9.08. The maximum Gasteiger partial charge on any atom is 0.115 e. The minimum atomic E-state index is 0.846. The van der Waals surface area contributed by atoms with E-state index in [2.05, 4.69) is 94.6 Å². The lowest BCUT2D eigenvalue weighted by molar-refractivity contribution is 1.01. The van der Waals surface area contributed by atoms with Crippen LogP contribution in [0.2, 0.25) is 0 Å². The van der Waals surface area contributed by atoms with Crippen molar-refractivity contribution in [1.82, 2.24) is 24.1 Å². The first-order valence-corrected chi connectivity index (χ1v) is 12.0. The average Bonchev–Trinajstić information content (AvgIpc) is 3.57. The molecule has 0 spiro atoms. The third-order valence-electron chi connectivity index (χ3n) is 7.03. The van der Waals surface area contributed by atoms with Gasteiger partial charge >= 0.3 is 0 Å². The summed E-state index contributed by atoms with van der Waals surface area (Å²) in [4.78, 5) is 10.0. The number of para-hydroxylation sites is 3. The molecule has 0 N–H and O–H groups in total. The Morgan fingerprint density at radius 2 is 1.25 bits per heavy atom. The van der Waals surface area contributed by atoms with Crippen molar-refractivity contribution < 1.29 is 0 Å². The largest absolute Gasteiger partial charge is 0.309 e. The molecule has 5 nitrogen and oxygen atoms in total. The standard InChI is InChI=1S/C31H19N5/c1-4-13-26-22(10-1)23-11-2-5-14-27(23)35(26)21-9-7-8-20(18-21)25-19-32-31-29-16-17-33-36(29)28-15-6-3-12-24(28)30(31)34-25/h1-19H. The lowest BCUT2D eigenvalue weighted by Gasteiger charge is -2.11. The van der Waals surface area contributed by atoms with E-state index in [1.807, 2.05) is 35.1 Å². The molecule has 0 aliphatic heterocycles. The molecule has 4 aromatic carbocycles. The van der Waals surface area contributed by atoms with Gasteiger partial charge in [0, 0.05) is 27.4 Å². The smallest absolute Gasteiger partial charge is 0.115 e. The van der Waals surface area contributed by atoms with E-state index >= 15 is 0 Å². The van der Waals surface area contributed by atoms with Gasteiger partial charge in [-0.3, -0.25) is 4.98 Å². The van der Waals surface area contributed by atoms with E-state index in [4.69, 9.17) is 9.97 Å². The molecule has 0 aliphatic carbocycles. The topological polar surface area (TPSA) is 48.0 Å². The van der Waals surface area contributed by atoms with Gasteiger partial charge in [-0.25, -0.2) is 9.50 Å². The molecule has 0 amide bonds. The van der Waals surface area contributed by atoms with E-state index < -0.39 is 0 Å². The molecular weight excluding hydrogens is 442 g/mol. The summed E-state index contributed by atoms with van der Waals surface area (Å²) in [6.07, 6.45) is 3.68. The van der Waals surface area contributed by atoms with Crippen LogP contribution in [0.4, 0.5) is 0 Å². The lowest BCUT2D eigenvalue weighted by Crippen LogP contribution is -1.98. The molecule has 0 radical (unpaired) electrons. The molecule has 0 aliphatic rings. The van der Waals surface area contributed by atoms with Crippen molar-refractivity contribution in [2.24, 2.45) is 0 Å². The summed E-state index contributed by atoms with van der Waals surface area (Å²) in [7, 11) is 0. The van der Waals surface area contributed by atoms with E-state index in [0.29, 0.717) is 0 Å². The molecule has 0 fully saturated rings. The van der Waals surface area contributed by atoms with Crippen LogP contribution in [0.3, 0.4) is 0 Å². The Morgan fingerprint density at radius 1 is 0.556 bits per heavy atom. The van der Waals surface area contributed by atoms with Gasteiger partial charge in [-0.1, -0.05) is 66.7 Å². The van der Waals surface area contributed by atoms with E-state index in [9.17, 15) is 0 Å². The van der Waals surface area contributed by atoms with Gasteiger partial charge < -0.3 is 4.57 Å². The van der Waals surface area contributed by atoms with Crippen LogP contribution in [-0.2, 0) is 0 Å². The Labute approximate surface area is 205 Å². The highest BCUT2D eigenvalue weighted by Crippen LogP contribution is 2.33. The molecule has 0 atom stereocenters. The van der Waals surface area contributed by atoms with Crippen molar-refractivity contribution in [3.05, 3.63) is 116 Å². The summed E-state index contributed by atoms with van der Waals surface area (Å²) in [5, 5.41) is 8.05. The van der Waals surface area contributed by atoms with E-state index in [-0.39, 0.29) is 0 Å². The fourth-order valence-electron chi connectivity index (χ4n) is 5.44. The molecule has 0 saturated carbocycles. The average molecular weight is 462 g/mol. The first kappa shape index (κ1) is 19.3. The van der Waals surface area contributed by atoms with E-state index in [1.165, 1.54) is 21.8 Å². The summed E-state index contributed by atoms with van der Waals surface area (Å²) in [5.74, 6) is 0. The molecule has 0 unspecified atom stereocenters. The second-order valence-electron chi connectivity index (χ2n) is 9.02. The normalized spacial score (nSPS) is 11.9. The van der Waals surface area contributed by atoms with Gasteiger partial charge in [0.1, 0.15) is 11.0 Å². The molecule has 4 aromatic heterocycles. The van der Waals surface area contributed by atoms with Gasteiger partial charge in [-0.2, -0.15) is 5.10 Å². The Bertz CT molecular complexity index is 2060. The van der Waals surface area contributed by atoms with Crippen LogP contribution in [0, 0.1) is 0 Å². The zero-order valence-corrected chi connectivity index (χ0v) is 19.2. The van der Waals surface area contributed by atoms with Crippen LogP contribution in [0.25, 0.3) is 66.2 Å². The monoisotopic (exact) mass is 461 g/mol. The molecule has 0 bridgehead atoms. The molecule has 5 heteroatoms. The maximum absolute atomic E-state index is 5.14. The van der Waals surface area contributed by atoms with Crippen LogP contribution in [0.1, 0.15) is 0 Å². The van der Waals surface area contributed by atoms with Gasteiger partial charge in [-0.05, 0) is 36.4 Å². The fourth-order valence-corrected chi connectivity index (χ4v) is 5.44. The first-order chi connectivity index (χ1) is 17.9. The first-order valence-electron chi connectivity index (χ1n) is 12.0. The van der Waals surface area contributed by atoms with Gasteiger partial charge in [0.15, 0.2) is 0 Å². The van der Waals surface area contributed by atoms with Crippen LogP contribution in [0.15, 0.2) is 116 Å². The van der Waals surface area contributed by atoms with E-state index in [1.54, 1.807) is 0 Å². The highest BCUT2D eigenvalue weighted by atomic mass is 15.2. The third kappa shape index (κ3) is 2.62. The molecule has 4 heterocycles. The number of rotatable bonds is 2. The van der Waals surface area contributed by atoms with Crippen molar-refractivity contribution in [1.29, 1.82) is 0 Å². The van der Waals surface area contributed by atoms with Crippen LogP contribution < -0.4 is 0 Å². The highest BCUT2D eigenvalue weighted by molar-refractivity contribution is 6.10. The van der Waals surface area contributed by atoms with Crippen molar-refractivity contribution in [2.45, 2.75) is 0 Å². The maximum atomic E-state index is 5.14. The summed E-state index contributed by atoms with van der Waals surface area (Å²) in [6, 6.07) is 35.9. The second kappa shape index (κ2) is 7.23. The highest BCUT2D eigenvalue weighted by Gasteiger charge is 2.15. The number of nitrogens with zero attached hydrogens (tertiary/aromatic N) is 5. The number of fused-ring (bicyclic) bond motifs is 9. The van der Waals surface area contributed by atoms with Crippen LogP contribution >= 0.6 is 0 Å². The lowest BCUT2D eigenvalue weighted by atomic mass is 10.1. The quantitative estimate of drug-likeness (QED) is 0.256. The van der Waals surface area contributed by atoms with Gasteiger partial charge in [0.25, 0.3) is 0 Å². The van der Waals surface area contributed by atoms with Crippen LogP contribution in [-0.4, -0.2) is 24.1 Å². The van der Waals surface area contributed by atoms with Crippen molar-refractivity contribution in [3.63, 3.8) is 0 Å². The zero-order valence-electron chi connectivity index (χ0n) is 19.2. The summed E-state index contributed by atoms with van der Waals surface area (Å²) >= 11 is 0. The Morgan fingerprint density at radius 3 is 2.03 bits per heavy atom. The molecule has 8 aromatic rings. The number of hydrogen-bond donors (Lipinski definition) is 0. The van der Waals surface area contributed by atoms with Gasteiger partial charge in [0.2, 0.25) is 0 Å². The molecular formula is C31H19N5. The van der Waals surface area contributed by atoms with Crippen molar-refractivity contribution in [3.8, 4) is 16.9 Å². The summed E-state index contributed by atoms with van der Waals surface area (Å²) < 4.78 is 4.27. The Kier molecular flexibility index (Phi) is 3.88. The Hall–Kier alpha value is -5.03. The number of hydrogen-bond acceptors (Lipinski definition) is 3. The second-order valence-corrected chi connectivity index (χ2v) is 9.02. The fraction of sp³-hybridized carbons (Fsp3) is 0. The summed E-state index contributed by atoms with van der Waals surface area (Å²) in [6.45, 7) is 0. The molecule has 0 saturated heterocycles. The minimum absolute atomic E-state index is 0.846. The van der Waals surface area contributed by atoms with Crippen molar-refractivity contribution >= 4 is 49.3 Å². The van der Waals surface area contributed by atoms with Crippen molar-refractivity contribution in [2.75, 3.05) is 0 Å². The number of pyridine rings is 1. The Balaban J connectivity index is 1.38. The minimum Gasteiger partial charge on any atom is -0.309 e. The van der Waals surface area contributed by atoms with E-state index in [0.717, 1.165) is 44.4 Å². The predicted molar refractivity (Wildman–Crippen MR) is 146 cm³/mol. The third-order valence-corrected chi connectivity index (χ3v) is 7.03. The number of aromatic nitrogens is 5. The molecule has 168 valence electrons. The predicted octanol–water partition coefficient (Wildman–Crippen LogP) is 7.19.